The van der Waals surface area contributed by atoms with Crippen LogP contribution in [-0.2, 0) is 16.3 Å². The molecule has 1 aliphatic carbocycles. The highest BCUT2D eigenvalue weighted by Crippen LogP contribution is 2.25. The van der Waals surface area contributed by atoms with Gasteiger partial charge in [-0.25, -0.2) is 8.42 Å². The Morgan fingerprint density at radius 3 is 2.71 bits per heavy atom. The largest absolute Gasteiger partial charge is 0.469 e. The summed E-state index contributed by atoms with van der Waals surface area (Å²) in [5.41, 5.74) is 0. The highest BCUT2D eigenvalue weighted by Gasteiger charge is 2.41. The summed E-state index contributed by atoms with van der Waals surface area (Å²) >= 11 is 0. The zero-order valence-corrected chi connectivity index (χ0v) is 20.2. The summed E-state index contributed by atoms with van der Waals surface area (Å²) in [6.07, 6.45) is 8.92. The van der Waals surface area contributed by atoms with Crippen LogP contribution in [0.5, 0.6) is 0 Å². The molecule has 1 aliphatic heterocycles. The first kappa shape index (κ1) is 23.5. The monoisotopic (exact) mass is 523 g/mol. The Labute approximate surface area is 186 Å². The van der Waals surface area contributed by atoms with Crippen molar-refractivity contribution >= 4 is 39.8 Å². The summed E-state index contributed by atoms with van der Waals surface area (Å²) in [6.45, 7) is 6.16. The molecule has 160 valence electrons. The van der Waals surface area contributed by atoms with Gasteiger partial charge in [-0.2, -0.15) is 0 Å². The summed E-state index contributed by atoms with van der Waals surface area (Å²) in [5, 5.41) is 3.45. The van der Waals surface area contributed by atoms with E-state index in [1.54, 1.807) is 6.26 Å². The molecule has 0 amide bonds. The van der Waals surface area contributed by atoms with Crippen molar-refractivity contribution in [3.05, 3.63) is 24.2 Å². The average molecular weight is 523 g/mol. The Hall–Kier alpha value is -0.770. The molecule has 6 nitrogen and oxygen atoms in total. The number of furan rings is 1. The van der Waals surface area contributed by atoms with E-state index >= 15 is 0 Å². The number of halogens is 1. The number of guanidine groups is 1. The van der Waals surface area contributed by atoms with E-state index in [1.165, 1.54) is 32.1 Å². The maximum absolute atomic E-state index is 12.3. The number of nitrogens with zero attached hydrogens (tertiary/aromatic N) is 2. The summed E-state index contributed by atoms with van der Waals surface area (Å²) in [4.78, 5) is 7.03. The van der Waals surface area contributed by atoms with Crippen LogP contribution in [0.3, 0.4) is 0 Å². The van der Waals surface area contributed by atoms with E-state index in [-0.39, 0.29) is 29.7 Å². The van der Waals surface area contributed by atoms with Crippen molar-refractivity contribution in [2.24, 2.45) is 10.9 Å². The zero-order valence-electron chi connectivity index (χ0n) is 17.0. The maximum Gasteiger partial charge on any atom is 0.194 e. The van der Waals surface area contributed by atoms with E-state index in [1.807, 2.05) is 26.0 Å². The summed E-state index contributed by atoms with van der Waals surface area (Å²) in [6, 6.07) is 3.86. The van der Waals surface area contributed by atoms with E-state index in [9.17, 15) is 8.42 Å². The third-order valence-electron chi connectivity index (χ3n) is 5.80. The minimum Gasteiger partial charge on any atom is -0.469 e. The minimum absolute atomic E-state index is 0. The van der Waals surface area contributed by atoms with Gasteiger partial charge >= 0.3 is 0 Å². The normalized spacial score (nSPS) is 22.5. The van der Waals surface area contributed by atoms with Crippen molar-refractivity contribution < 1.29 is 12.8 Å². The fourth-order valence-electron chi connectivity index (χ4n) is 3.93. The predicted molar refractivity (Wildman–Crippen MR) is 124 cm³/mol. The molecule has 2 heterocycles. The molecule has 2 fully saturated rings. The molecule has 1 N–H and O–H groups in total. The smallest absolute Gasteiger partial charge is 0.194 e. The Balaban J connectivity index is 0.00000280. The third-order valence-corrected chi connectivity index (χ3v) is 8.33. The lowest BCUT2D eigenvalue weighted by Crippen LogP contribution is -2.57. The van der Waals surface area contributed by atoms with Gasteiger partial charge < -0.3 is 14.6 Å². The van der Waals surface area contributed by atoms with Gasteiger partial charge in [0.1, 0.15) is 5.76 Å². The van der Waals surface area contributed by atoms with Crippen LogP contribution in [0.25, 0.3) is 0 Å². The van der Waals surface area contributed by atoms with E-state index in [2.05, 4.69) is 10.2 Å². The molecule has 0 aromatic carbocycles. The number of hydrogen-bond donors (Lipinski definition) is 1. The molecule has 1 aromatic heterocycles. The molecule has 0 bridgehead atoms. The molecular weight excluding hydrogens is 489 g/mol. The first-order valence-corrected chi connectivity index (χ1v) is 11.8. The van der Waals surface area contributed by atoms with Crippen LogP contribution < -0.4 is 5.32 Å². The van der Waals surface area contributed by atoms with Crippen molar-refractivity contribution in [2.45, 2.75) is 57.1 Å². The Bertz CT molecular complexity index is 726. The van der Waals surface area contributed by atoms with Crippen LogP contribution in [0.15, 0.2) is 27.8 Å². The van der Waals surface area contributed by atoms with Gasteiger partial charge in [0, 0.05) is 32.6 Å². The molecule has 28 heavy (non-hydrogen) atoms. The number of aliphatic imine (C=N–C) groups is 1. The van der Waals surface area contributed by atoms with Gasteiger partial charge in [-0.15, -0.1) is 24.0 Å². The lowest BCUT2D eigenvalue weighted by molar-refractivity contribution is 0.343. The van der Waals surface area contributed by atoms with Gasteiger partial charge in [-0.3, -0.25) is 4.99 Å². The highest BCUT2D eigenvalue weighted by molar-refractivity contribution is 14.0. The van der Waals surface area contributed by atoms with E-state index in [0.717, 1.165) is 31.2 Å². The maximum atomic E-state index is 12.3. The van der Waals surface area contributed by atoms with E-state index in [0.29, 0.717) is 19.0 Å². The van der Waals surface area contributed by atoms with Gasteiger partial charge in [0.25, 0.3) is 0 Å². The summed E-state index contributed by atoms with van der Waals surface area (Å²) in [5.74, 6) is 2.62. The van der Waals surface area contributed by atoms with Gasteiger partial charge in [-0.1, -0.05) is 19.3 Å². The molecule has 3 rings (SSSR count). The van der Waals surface area contributed by atoms with Crippen LogP contribution in [-0.4, -0.2) is 56.0 Å². The molecule has 1 saturated carbocycles. The molecule has 2 aliphatic rings. The van der Waals surface area contributed by atoms with Gasteiger partial charge in [-0.05, 0) is 44.7 Å². The lowest BCUT2D eigenvalue weighted by Gasteiger charge is -2.39. The van der Waals surface area contributed by atoms with Gasteiger partial charge in [0.2, 0.25) is 0 Å². The fourth-order valence-corrected chi connectivity index (χ4v) is 5.30. The number of sulfone groups is 1. The lowest BCUT2D eigenvalue weighted by atomic mass is 9.89. The number of rotatable bonds is 5. The van der Waals surface area contributed by atoms with Crippen molar-refractivity contribution in [2.75, 3.05) is 31.9 Å². The third kappa shape index (κ3) is 6.11. The minimum atomic E-state index is -3.06. The standard InChI is InChI=1S/C20H33N3O3S.HI/c1-20(2)16-23(12-14-27(20,24)25)19(21-11-10-18-9-6-13-26-18)22-15-17-7-4-3-5-8-17;/h6,9,13,17H,3-5,7-8,10-12,14-16H2,1-2H3,(H,21,22);1H. The van der Waals surface area contributed by atoms with Crippen LogP contribution >= 0.6 is 24.0 Å². The van der Waals surface area contributed by atoms with Crippen molar-refractivity contribution in [3.63, 3.8) is 0 Å². The predicted octanol–water partition coefficient (Wildman–Crippen LogP) is 3.48. The van der Waals surface area contributed by atoms with Crippen molar-refractivity contribution in [1.29, 1.82) is 0 Å². The molecule has 0 radical (unpaired) electrons. The zero-order chi connectivity index (χ0) is 19.3. The van der Waals surface area contributed by atoms with Crippen LogP contribution in [0.4, 0.5) is 0 Å². The quantitative estimate of drug-likeness (QED) is 0.364. The van der Waals surface area contributed by atoms with Crippen molar-refractivity contribution in [1.82, 2.24) is 10.2 Å². The van der Waals surface area contributed by atoms with Gasteiger partial charge in [0.15, 0.2) is 15.8 Å². The van der Waals surface area contributed by atoms with E-state index < -0.39 is 14.6 Å². The first-order valence-electron chi connectivity index (χ1n) is 10.2. The average Bonchev–Trinajstić information content (AvgIpc) is 3.15. The Kier molecular flexibility index (Phi) is 8.66. The number of nitrogens with one attached hydrogen (secondary N) is 1. The molecule has 1 saturated heterocycles. The second kappa shape index (κ2) is 10.3. The Morgan fingerprint density at radius 1 is 1.32 bits per heavy atom. The van der Waals surface area contributed by atoms with Crippen molar-refractivity contribution in [3.8, 4) is 0 Å². The Morgan fingerprint density at radius 2 is 2.07 bits per heavy atom. The summed E-state index contributed by atoms with van der Waals surface area (Å²) < 4.78 is 29.3. The van der Waals surface area contributed by atoms with Crippen LogP contribution in [0.2, 0.25) is 0 Å². The number of hydrogen-bond acceptors (Lipinski definition) is 4. The summed E-state index contributed by atoms with van der Waals surface area (Å²) in [7, 11) is -3.06. The van der Waals surface area contributed by atoms with Gasteiger partial charge in [0.05, 0.1) is 16.8 Å². The fraction of sp³-hybridized carbons (Fsp3) is 0.750. The second-order valence-corrected chi connectivity index (χ2v) is 11.2. The molecule has 0 unspecified atom stereocenters. The SMILES string of the molecule is CC1(C)CN(C(=NCC2CCCCC2)NCCc2ccco2)CCS1(=O)=O.I. The molecule has 1 aromatic rings. The topological polar surface area (TPSA) is 74.9 Å². The van der Waals surface area contributed by atoms with Crippen LogP contribution in [0, 0.1) is 5.92 Å². The second-order valence-electron chi connectivity index (χ2n) is 8.42. The first-order chi connectivity index (χ1) is 12.9. The van der Waals surface area contributed by atoms with E-state index in [4.69, 9.17) is 9.41 Å². The highest BCUT2D eigenvalue weighted by atomic mass is 127. The molecule has 0 spiro atoms. The molecule has 0 atom stereocenters. The molecule has 8 heteroatoms. The van der Waals surface area contributed by atoms with Crippen LogP contribution in [0.1, 0.15) is 51.7 Å². The molecular formula is C20H34IN3O3S.